The molecule has 0 unspecified atom stereocenters. The average Bonchev–Trinajstić information content (AvgIpc) is 2.96. The minimum atomic E-state index is 1.13. The summed E-state index contributed by atoms with van der Waals surface area (Å²) >= 11 is 0. The predicted molar refractivity (Wildman–Crippen MR) is 89.3 cm³/mol. The Morgan fingerprint density at radius 2 is 1.24 bits per heavy atom. The molecule has 2 heterocycles. The molecule has 0 saturated heterocycles. The Balaban J connectivity index is 1.47. The summed E-state index contributed by atoms with van der Waals surface area (Å²) in [4.78, 5) is 5.12. The molecule has 2 aromatic rings. The normalized spacial score (nSPS) is 16.8. The van der Waals surface area contributed by atoms with Crippen molar-refractivity contribution < 1.29 is 0 Å². The van der Waals surface area contributed by atoms with E-state index in [1.165, 1.54) is 54.9 Å². The van der Waals surface area contributed by atoms with Gasteiger partial charge in [0.1, 0.15) is 0 Å². The fraction of sp³-hybridized carbons (Fsp3) is 0.368. The van der Waals surface area contributed by atoms with E-state index in [-0.39, 0.29) is 0 Å². The highest BCUT2D eigenvalue weighted by molar-refractivity contribution is 5.59. The number of hydrogen-bond acceptors (Lipinski definition) is 2. The summed E-state index contributed by atoms with van der Waals surface area (Å²) in [5, 5.41) is 0. The zero-order chi connectivity index (χ0) is 14.1. The van der Waals surface area contributed by atoms with Crippen molar-refractivity contribution in [3.8, 4) is 0 Å². The lowest BCUT2D eigenvalue weighted by atomic mass is 10.0. The van der Waals surface area contributed by atoms with E-state index in [0.717, 1.165) is 13.1 Å². The van der Waals surface area contributed by atoms with Gasteiger partial charge >= 0.3 is 0 Å². The Morgan fingerprint density at radius 1 is 0.667 bits per heavy atom. The number of para-hydroxylation sites is 2. The first-order valence-corrected chi connectivity index (χ1v) is 8.07. The molecule has 0 fully saturated rings. The van der Waals surface area contributed by atoms with Crippen LogP contribution in [0.3, 0.4) is 0 Å². The molecule has 0 N–H and O–H groups in total. The van der Waals surface area contributed by atoms with Crippen molar-refractivity contribution in [1.82, 2.24) is 0 Å². The highest BCUT2D eigenvalue weighted by Crippen LogP contribution is 2.29. The smallest absolute Gasteiger partial charge is 0.0400 e. The van der Waals surface area contributed by atoms with Gasteiger partial charge in [-0.2, -0.15) is 0 Å². The minimum Gasteiger partial charge on any atom is -0.370 e. The molecule has 0 aromatic heterocycles. The fourth-order valence-electron chi connectivity index (χ4n) is 3.72. The van der Waals surface area contributed by atoms with E-state index in [2.05, 4.69) is 58.3 Å². The van der Waals surface area contributed by atoms with Crippen molar-refractivity contribution in [1.29, 1.82) is 0 Å². The molecule has 0 radical (unpaired) electrons. The van der Waals surface area contributed by atoms with Crippen LogP contribution in [0.15, 0.2) is 48.5 Å². The summed E-state index contributed by atoms with van der Waals surface area (Å²) in [5.74, 6) is 0. The fourth-order valence-corrected chi connectivity index (χ4v) is 3.72. The summed E-state index contributed by atoms with van der Waals surface area (Å²) in [7, 11) is 0. The topological polar surface area (TPSA) is 6.48 Å². The molecule has 2 aliphatic rings. The molecule has 21 heavy (non-hydrogen) atoms. The van der Waals surface area contributed by atoms with E-state index in [9.17, 15) is 0 Å². The first-order chi connectivity index (χ1) is 10.4. The SMILES string of the molecule is c1ccc2c(c1)CCCN2CCN1CCc2ccccc21. The molecular weight excluding hydrogens is 256 g/mol. The monoisotopic (exact) mass is 278 g/mol. The van der Waals surface area contributed by atoms with Gasteiger partial charge in [0.05, 0.1) is 0 Å². The van der Waals surface area contributed by atoms with Crippen LogP contribution in [0.4, 0.5) is 11.4 Å². The standard InChI is InChI=1S/C19H22N2/c1-3-9-18-16(6-1)8-5-12-20(18)14-15-21-13-11-17-7-2-4-10-19(17)21/h1-4,6-7,9-10H,5,8,11-15H2. The molecule has 0 atom stereocenters. The third kappa shape index (κ3) is 2.39. The van der Waals surface area contributed by atoms with Crippen molar-refractivity contribution in [2.24, 2.45) is 0 Å². The predicted octanol–water partition coefficient (Wildman–Crippen LogP) is 3.50. The molecule has 2 aliphatic heterocycles. The van der Waals surface area contributed by atoms with Gasteiger partial charge in [0.2, 0.25) is 0 Å². The molecule has 108 valence electrons. The van der Waals surface area contributed by atoms with Crippen LogP contribution in [-0.4, -0.2) is 26.2 Å². The molecule has 0 spiro atoms. The Morgan fingerprint density at radius 3 is 1.95 bits per heavy atom. The molecule has 2 heteroatoms. The van der Waals surface area contributed by atoms with E-state index >= 15 is 0 Å². The number of benzene rings is 2. The van der Waals surface area contributed by atoms with Crippen LogP contribution < -0.4 is 9.80 Å². The van der Waals surface area contributed by atoms with Crippen LogP contribution in [-0.2, 0) is 12.8 Å². The molecule has 0 amide bonds. The molecule has 2 nitrogen and oxygen atoms in total. The van der Waals surface area contributed by atoms with E-state index in [4.69, 9.17) is 0 Å². The molecule has 4 rings (SSSR count). The summed E-state index contributed by atoms with van der Waals surface area (Å²) in [5.41, 5.74) is 5.93. The number of aryl methyl sites for hydroxylation is 1. The Bertz CT molecular complexity index is 635. The van der Waals surface area contributed by atoms with Crippen molar-refractivity contribution in [3.63, 3.8) is 0 Å². The molecule has 0 saturated carbocycles. The highest BCUT2D eigenvalue weighted by atomic mass is 15.2. The first kappa shape index (κ1) is 12.8. The van der Waals surface area contributed by atoms with Crippen LogP contribution in [0.25, 0.3) is 0 Å². The van der Waals surface area contributed by atoms with Gasteiger partial charge in [0.25, 0.3) is 0 Å². The number of fused-ring (bicyclic) bond motifs is 2. The van der Waals surface area contributed by atoms with E-state index in [0.29, 0.717) is 0 Å². The van der Waals surface area contributed by atoms with Gasteiger partial charge in [-0.05, 0) is 42.5 Å². The van der Waals surface area contributed by atoms with Gasteiger partial charge in [-0.1, -0.05) is 36.4 Å². The molecule has 0 aliphatic carbocycles. The molecular formula is C19H22N2. The van der Waals surface area contributed by atoms with Gasteiger partial charge in [-0.3, -0.25) is 0 Å². The maximum Gasteiger partial charge on any atom is 0.0400 e. The van der Waals surface area contributed by atoms with Crippen molar-refractivity contribution >= 4 is 11.4 Å². The molecule has 0 bridgehead atoms. The zero-order valence-electron chi connectivity index (χ0n) is 12.5. The lowest BCUT2D eigenvalue weighted by molar-refractivity contribution is 0.676. The van der Waals surface area contributed by atoms with Crippen LogP contribution in [0.1, 0.15) is 17.5 Å². The van der Waals surface area contributed by atoms with Gasteiger partial charge in [-0.15, -0.1) is 0 Å². The second kappa shape index (κ2) is 5.44. The lowest BCUT2D eigenvalue weighted by Gasteiger charge is -2.33. The number of hydrogen-bond donors (Lipinski definition) is 0. The zero-order valence-corrected chi connectivity index (χ0v) is 12.5. The van der Waals surface area contributed by atoms with Crippen LogP contribution in [0.5, 0.6) is 0 Å². The van der Waals surface area contributed by atoms with Gasteiger partial charge in [0.15, 0.2) is 0 Å². The van der Waals surface area contributed by atoms with Crippen LogP contribution in [0, 0.1) is 0 Å². The van der Waals surface area contributed by atoms with Gasteiger partial charge < -0.3 is 9.80 Å². The molecule has 2 aromatic carbocycles. The maximum absolute atomic E-state index is 2.57. The van der Waals surface area contributed by atoms with E-state index < -0.39 is 0 Å². The Kier molecular flexibility index (Phi) is 3.30. The maximum atomic E-state index is 2.57. The second-order valence-corrected chi connectivity index (χ2v) is 6.09. The van der Waals surface area contributed by atoms with Crippen LogP contribution >= 0.6 is 0 Å². The number of anilines is 2. The van der Waals surface area contributed by atoms with Crippen molar-refractivity contribution in [3.05, 3.63) is 59.7 Å². The van der Waals surface area contributed by atoms with E-state index in [1.54, 1.807) is 0 Å². The Labute approximate surface area is 127 Å². The summed E-state index contributed by atoms with van der Waals surface area (Å²) in [6.45, 7) is 4.64. The second-order valence-electron chi connectivity index (χ2n) is 6.09. The van der Waals surface area contributed by atoms with E-state index in [1.807, 2.05) is 0 Å². The number of rotatable bonds is 3. The third-order valence-electron chi connectivity index (χ3n) is 4.83. The Hall–Kier alpha value is -1.96. The first-order valence-electron chi connectivity index (χ1n) is 8.07. The van der Waals surface area contributed by atoms with Crippen molar-refractivity contribution in [2.45, 2.75) is 19.3 Å². The summed E-state index contributed by atoms with van der Waals surface area (Å²) in [6.07, 6.45) is 3.72. The number of nitrogens with zero attached hydrogens (tertiary/aromatic N) is 2. The van der Waals surface area contributed by atoms with Crippen molar-refractivity contribution in [2.75, 3.05) is 36.0 Å². The van der Waals surface area contributed by atoms with Gasteiger partial charge in [-0.25, -0.2) is 0 Å². The summed E-state index contributed by atoms with van der Waals surface area (Å²) < 4.78 is 0. The largest absolute Gasteiger partial charge is 0.370 e. The average molecular weight is 278 g/mol. The van der Waals surface area contributed by atoms with Crippen LogP contribution in [0.2, 0.25) is 0 Å². The summed E-state index contributed by atoms with van der Waals surface area (Å²) in [6, 6.07) is 17.8. The van der Waals surface area contributed by atoms with Gasteiger partial charge in [0, 0.05) is 37.6 Å². The third-order valence-corrected chi connectivity index (χ3v) is 4.83. The quantitative estimate of drug-likeness (QED) is 0.848. The lowest BCUT2D eigenvalue weighted by Crippen LogP contribution is -2.37. The highest BCUT2D eigenvalue weighted by Gasteiger charge is 2.20. The minimum absolute atomic E-state index is 1.13.